The minimum atomic E-state index is -4.95. The van der Waals surface area contributed by atoms with Crippen LogP contribution in [0, 0.1) is 0 Å². The van der Waals surface area contributed by atoms with Gasteiger partial charge in [0, 0.05) is 25.7 Å². The minimum absolute atomic E-state index is 0.108. The van der Waals surface area contributed by atoms with E-state index in [0.29, 0.717) is 25.7 Å². The zero-order valence-electron chi connectivity index (χ0n) is 59.5. The smallest absolute Gasteiger partial charge is 0.462 e. The van der Waals surface area contributed by atoms with Gasteiger partial charge in [0.15, 0.2) is 12.2 Å². The molecule has 0 aliphatic heterocycles. The minimum Gasteiger partial charge on any atom is -0.462 e. The molecule has 0 aliphatic rings. The summed E-state index contributed by atoms with van der Waals surface area (Å²) in [5.41, 5.74) is 0. The largest absolute Gasteiger partial charge is 0.472 e. The van der Waals surface area contributed by atoms with Crippen molar-refractivity contribution in [1.29, 1.82) is 0 Å². The van der Waals surface area contributed by atoms with Gasteiger partial charge in [-0.15, -0.1) is 0 Å². The molecule has 92 heavy (non-hydrogen) atoms. The molecule has 17 nitrogen and oxygen atoms in total. The highest BCUT2D eigenvalue weighted by Gasteiger charge is 2.30. The molecule has 0 spiro atoms. The van der Waals surface area contributed by atoms with Crippen molar-refractivity contribution < 1.29 is 80.2 Å². The molecule has 0 radical (unpaired) electrons. The van der Waals surface area contributed by atoms with Crippen molar-refractivity contribution in [2.24, 2.45) is 0 Å². The van der Waals surface area contributed by atoms with Gasteiger partial charge in [-0.3, -0.25) is 37.3 Å². The van der Waals surface area contributed by atoms with E-state index in [-0.39, 0.29) is 25.7 Å². The van der Waals surface area contributed by atoms with Crippen molar-refractivity contribution in [2.75, 3.05) is 39.6 Å². The van der Waals surface area contributed by atoms with Crippen LogP contribution in [0.25, 0.3) is 0 Å². The monoisotopic (exact) mass is 1350 g/mol. The highest BCUT2D eigenvalue weighted by molar-refractivity contribution is 7.47. The third kappa shape index (κ3) is 66.7. The first-order valence-electron chi connectivity index (χ1n) is 38.3. The Kier molecular flexibility index (Phi) is 66.2. The Morgan fingerprint density at radius 3 is 0.641 bits per heavy atom. The van der Waals surface area contributed by atoms with Gasteiger partial charge in [0.1, 0.15) is 19.3 Å². The number of unbranched alkanes of at least 4 members (excludes halogenated alkanes) is 48. The zero-order valence-corrected chi connectivity index (χ0v) is 61.3. The van der Waals surface area contributed by atoms with Crippen molar-refractivity contribution >= 4 is 39.5 Å². The van der Waals surface area contributed by atoms with E-state index in [1.165, 1.54) is 218 Å². The van der Waals surface area contributed by atoms with Crippen molar-refractivity contribution in [1.82, 2.24) is 0 Å². The Morgan fingerprint density at radius 1 is 0.261 bits per heavy atom. The maximum absolute atomic E-state index is 13.0. The highest BCUT2D eigenvalue weighted by atomic mass is 31.2. The molecule has 2 unspecified atom stereocenters. The SMILES string of the molecule is CCCCCCCCCCCCCCCCC(=O)O[C@H](COC(=O)CCCCCCCCCCCCCCC)COP(=O)(O)OC[C@@H](O)COP(=O)(O)OC[C@@H](COC(=O)CCCCCCCCCCCCCC)OC(=O)CCCCCCCCCCCCCCC. The van der Waals surface area contributed by atoms with Crippen LogP contribution in [0.4, 0.5) is 0 Å². The number of aliphatic hydroxyl groups excluding tert-OH is 1. The van der Waals surface area contributed by atoms with E-state index in [4.69, 9.17) is 37.0 Å². The van der Waals surface area contributed by atoms with Crippen molar-refractivity contribution in [2.45, 2.75) is 406 Å². The Bertz CT molecular complexity index is 1760. The van der Waals surface area contributed by atoms with E-state index in [1.807, 2.05) is 0 Å². The van der Waals surface area contributed by atoms with Crippen LogP contribution in [0.3, 0.4) is 0 Å². The van der Waals surface area contributed by atoms with Crippen LogP contribution in [0.5, 0.6) is 0 Å². The molecule has 0 aliphatic carbocycles. The van der Waals surface area contributed by atoms with E-state index < -0.39 is 97.5 Å². The number of hydrogen-bond donors (Lipinski definition) is 3. The number of carbonyl (C=O) groups excluding carboxylic acids is 4. The van der Waals surface area contributed by atoms with Crippen molar-refractivity contribution in [3.8, 4) is 0 Å². The average Bonchev–Trinajstić information content (AvgIpc) is 3.75. The summed E-state index contributed by atoms with van der Waals surface area (Å²) in [5, 5.41) is 10.6. The first kappa shape index (κ1) is 90.1. The molecule has 5 atom stereocenters. The zero-order chi connectivity index (χ0) is 67.5. The second-order valence-corrected chi connectivity index (χ2v) is 29.2. The lowest BCUT2D eigenvalue weighted by atomic mass is 10.0. The Hall–Kier alpha value is -1.94. The third-order valence-electron chi connectivity index (χ3n) is 17.1. The first-order chi connectivity index (χ1) is 44.7. The number of rotatable bonds is 74. The predicted octanol–water partition coefficient (Wildman–Crippen LogP) is 21.4. The summed E-state index contributed by atoms with van der Waals surface area (Å²) in [7, 11) is -9.90. The number of phosphoric acid groups is 2. The number of carbonyl (C=O) groups is 4. The van der Waals surface area contributed by atoms with Crippen LogP contribution in [0.1, 0.15) is 387 Å². The van der Waals surface area contributed by atoms with E-state index >= 15 is 0 Å². The first-order valence-corrected chi connectivity index (χ1v) is 41.3. The second kappa shape index (κ2) is 67.6. The standard InChI is InChI=1S/C73H142O17P2/c1-5-9-13-17-21-25-29-33-36-40-44-48-52-56-60-73(78)90-69(64-84-71(76)58-54-50-46-42-38-34-30-26-22-18-14-10-6-2)66-88-92(81,82)86-62-67(74)61-85-91(79,80)87-65-68(63-83-70(75)57-53-49-45-41-37-32-28-24-20-16-12-8-4)89-72(77)59-55-51-47-43-39-35-31-27-23-19-15-11-7-3/h67-69,74H,5-66H2,1-4H3,(H,79,80)(H,81,82)/t67-,68+,69+/m0/s1. The third-order valence-corrected chi connectivity index (χ3v) is 19.0. The maximum Gasteiger partial charge on any atom is 0.472 e. The summed E-state index contributed by atoms with van der Waals surface area (Å²) >= 11 is 0. The summed E-state index contributed by atoms with van der Waals surface area (Å²) in [6, 6.07) is 0. The summed E-state index contributed by atoms with van der Waals surface area (Å²) in [5.74, 6) is -2.11. The molecule has 546 valence electrons. The lowest BCUT2D eigenvalue weighted by Crippen LogP contribution is -2.30. The topological polar surface area (TPSA) is 237 Å². The van der Waals surface area contributed by atoms with Gasteiger partial charge in [-0.25, -0.2) is 9.13 Å². The van der Waals surface area contributed by atoms with Crippen LogP contribution >= 0.6 is 15.6 Å². The fraction of sp³-hybridized carbons (Fsp3) is 0.945. The Balaban J connectivity index is 5.26. The van der Waals surface area contributed by atoms with Gasteiger partial charge >= 0.3 is 39.5 Å². The van der Waals surface area contributed by atoms with Gasteiger partial charge in [0.2, 0.25) is 0 Å². The fourth-order valence-electron chi connectivity index (χ4n) is 11.2. The van der Waals surface area contributed by atoms with Crippen molar-refractivity contribution in [3.63, 3.8) is 0 Å². The predicted molar refractivity (Wildman–Crippen MR) is 372 cm³/mol. The Labute approximate surface area is 562 Å². The van der Waals surface area contributed by atoms with Crippen molar-refractivity contribution in [3.05, 3.63) is 0 Å². The quantitative estimate of drug-likeness (QED) is 0.0222. The molecule has 0 heterocycles. The number of aliphatic hydroxyl groups is 1. The van der Waals surface area contributed by atoms with E-state index in [2.05, 4.69) is 27.7 Å². The van der Waals surface area contributed by atoms with Gasteiger partial charge in [-0.05, 0) is 25.7 Å². The van der Waals surface area contributed by atoms with Crippen LogP contribution in [-0.2, 0) is 65.4 Å². The van der Waals surface area contributed by atoms with E-state index in [1.54, 1.807) is 0 Å². The summed E-state index contributed by atoms with van der Waals surface area (Å²) < 4.78 is 68.4. The van der Waals surface area contributed by atoms with Gasteiger partial charge in [0.25, 0.3) is 0 Å². The molecule has 0 saturated heterocycles. The maximum atomic E-state index is 13.0. The fourth-order valence-corrected chi connectivity index (χ4v) is 12.8. The molecule has 0 fully saturated rings. The number of esters is 4. The second-order valence-electron chi connectivity index (χ2n) is 26.3. The van der Waals surface area contributed by atoms with Crippen LogP contribution < -0.4 is 0 Å². The lowest BCUT2D eigenvalue weighted by Gasteiger charge is -2.21. The molecule has 0 aromatic carbocycles. The van der Waals surface area contributed by atoms with E-state index in [0.717, 1.165) is 89.9 Å². The number of ether oxygens (including phenoxy) is 4. The molecule has 3 N–H and O–H groups in total. The Morgan fingerprint density at radius 2 is 0.435 bits per heavy atom. The molecule has 0 aromatic rings. The normalized spacial score (nSPS) is 13.9. The van der Waals surface area contributed by atoms with Gasteiger partial charge in [-0.1, -0.05) is 336 Å². The lowest BCUT2D eigenvalue weighted by molar-refractivity contribution is -0.161. The molecule has 19 heteroatoms. The summed E-state index contributed by atoms with van der Waals surface area (Å²) in [4.78, 5) is 72.7. The highest BCUT2D eigenvalue weighted by Crippen LogP contribution is 2.45. The molecular weight excluding hydrogens is 1210 g/mol. The number of hydrogen-bond acceptors (Lipinski definition) is 15. The molecule has 0 bridgehead atoms. The van der Waals surface area contributed by atoms with E-state index in [9.17, 15) is 43.2 Å². The van der Waals surface area contributed by atoms with Gasteiger partial charge in [0.05, 0.1) is 26.4 Å². The van der Waals surface area contributed by atoms with Gasteiger partial charge < -0.3 is 33.8 Å². The molecular formula is C73H142O17P2. The van der Waals surface area contributed by atoms with Gasteiger partial charge in [-0.2, -0.15) is 0 Å². The summed E-state index contributed by atoms with van der Waals surface area (Å²) in [6.07, 6.45) is 56.6. The number of phosphoric ester groups is 2. The van der Waals surface area contributed by atoms with Crippen LogP contribution in [0.15, 0.2) is 0 Å². The molecule has 0 saturated carbocycles. The van der Waals surface area contributed by atoms with Crippen LogP contribution in [-0.4, -0.2) is 96.7 Å². The molecule has 0 aromatic heterocycles. The molecule has 0 amide bonds. The summed E-state index contributed by atoms with van der Waals surface area (Å²) in [6.45, 7) is 4.98. The average molecular weight is 1350 g/mol. The molecule has 0 rings (SSSR count). The van der Waals surface area contributed by atoms with Crippen LogP contribution in [0.2, 0.25) is 0 Å².